The molecule has 3 nitrogen and oxygen atoms in total. The maximum Gasteiger partial charge on any atom is 0.128 e. The van der Waals surface area contributed by atoms with Gasteiger partial charge in [-0.1, -0.05) is 41.9 Å². The SMILES string of the molecule is COc1ccc(Cl)cc1C[NH2+]C[C@H](O)c1ccccc1. The number of hydrogen-bond donors (Lipinski definition) is 2. The zero-order valence-corrected chi connectivity index (χ0v) is 12.2. The van der Waals surface area contributed by atoms with Crippen molar-refractivity contribution < 1.29 is 15.2 Å². The molecule has 0 heterocycles. The van der Waals surface area contributed by atoms with Gasteiger partial charge in [-0.2, -0.15) is 0 Å². The molecule has 20 heavy (non-hydrogen) atoms. The first kappa shape index (κ1) is 14.9. The molecule has 106 valence electrons. The van der Waals surface area contributed by atoms with Crippen LogP contribution in [0.2, 0.25) is 5.02 Å². The van der Waals surface area contributed by atoms with E-state index in [0.29, 0.717) is 18.1 Å². The van der Waals surface area contributed by atoms with E-state index in [1.54, 1.807) is 7.11 Å². The normalized spacial score (nSPS) is 12.2. The number of aliphatic hydroxyl groups excluding tert-OH is 1. The number of methoxy groups -OCH3 is 1. The van der Waals surface area contributed by atoms with E-state index in [4.69, 9.17) is 16.3 Å². The lowest BCUT2D eigenvalue weighted by Gasteiger charge is -2.11. The Labute approximate surface area is 124 Å². The largest absolute Gasteiger partial charge is 0.496 e. The van der Waals surface area contributed by atoms with E-state index < -0.39 is 6.10 Å². The summed E-state index contributed by atoms with van der Waals surface area (Å²) in [5, 5.41) is 12.8. The van der Waals surface area contributed by atoms with Gasteiger partial charge in [-0.05, 0) is 23.8 Å². The lowest BCUT2D eigenvalue weighted by atomic mass is 10.1. The fourth-order valence-electron chi connectivity index (χ4n) is 2.11. The molecule has 0 unspecified atom stereocenters. The maximum atomic E-state index is 10.1. The van der Waals surface area contributed by atoms with Gasteiger partial charge in [0.1, 0.15) is 24.9 Å². The van der Waals surface area contributed by atoms with Crippen LogP contribution in [0.5, 0.6) is 5.75 Å². The number of nitrogens with two attached hydrogens (primary N) is 1. The lowest BCUT2D eigenvalue weighted by molar-refractivity contribution is -0.677. The highest BCUT2D eigenvalue weighted by molar-refractivity contribution is 6.30. The third-order valence-corrected chi connectivity index (χ3v) is 3.42. The molecular formula is C16H19ClNO2+. The Morgan fingerprint density at radius 1 is 1.20 bits per heavy atom. The van der Waals surface area contributed by atoms with Crippen molar-refractivity contribution >= 4 is 11.6 Å². The zero-order valence-electron chi connectivity index (χ0n) is 11.4. The van der Waals surface area contributed by atoms with E-state index in [-0.39, 0.29) is 0 Å². The summed E-state index contributed by atoms with van der Waals surface area (Å²) in [5.74, 6) is 0.819. The second-order valence-corrected chi connectivity index (χ2v) is 5.05. The summed E-state index contributed by atoms with van der Waals surface area (Å²) in [6.45, 7) is 1.31. The van der Waals surface area contributed by atoms with Gasteiger partial charge in [0.25, 0.3) is 0 Å². The molecule has 0 amide bonds. The molecule has 2 aromatic carbocycles. The fraction of sp³-hybridized carbons (Fsp3) is 0.250. The van der Waals surface area contributed by atoms with Crippen LogP contribution in [0.1, 0.15) is 17.2 Å². The van der Waals surface area contributed by atoms with Crippen molar-refractivity contribution in [3.05, 3.63) is 64.7 Å². The first-order chi connectivity index (χ1) is 9.70. The Hall–Kier alpha value is -1.55. The van der Waals surface area contributed by atoms with Gasteiger partial charge in [0.15, 0.2) is 0 Å². The number of aliphatic hydroxyl groups is 1. The fourth-order valence-corrected chi connectivity index (χ4v) is 2.31. The van der Waals surface area contributed by atoms with E-state index in [0.717, 1.165) is 16.9 Å². The Kier molecular flexibility index (Phi) is 5.41. The Morgan fingerprint density at radius 3 is 2.65 bits per heavy atom. The second-order valence-electron chi connectivity index (χ2n) is 4.61. The molecule has 0 aliphatic heterocycles. The molecule has 3 N–H and O–H groups in total. The van der Waals surface area contributed by atoms with E-state index in [9.17, 15) is 5.11 Å². The van der Waals surface area contributed by atoms with Crippen LogP contribution in [0.15, 0.2) is 48.5 Å². The predicted octanol–water partition coefficient (Wildman–Crippen LogP) is 2.15. The molecule has 0 saturated heterocycles. The van der Waals surface area contributed by atoms with Crippen LogP contribution in [0.3, 0.4) is 0 Å². The van der Waals surface area contributed by atoms with Crippen LogP contribution in [0.25, 0.3) is 0 Å². The van der Waals surface area contributed by atoms with Gasteiger partial charge in [0, 0.05) is 10.6 Å². The minimum atomic E-state index is -0.471. The van der Waals surface area contributed by atoms with Crippen LogP contribution < -0.4 is 10.1 Å². The molecule has 0 radical (unpaired) electrons. The van der Waals surface area contributed by atoms with Gasteiger partial charge in [-0.3, -0.25) is 0 Å². The summed E-state index contributed by atoms with van der Waals surface area (Å²) in [6, 6.07) is 15.2. The molecule has 4 heteroatoms. The molecule has 0 spiro atoms. The van der Waals surface area contributed by atoms with Crippen molar-refractivity contribution in [1.82, 2.24) is 0 Å². The zero-order chi connectivity index (χ0) is 14.4. The molecule has 0 saturated carbocycles. The second kappa shape index (κ2) is 7.29. The lowest BCUT2D eigenvalue weighted by Crippen LogP contribution is -2.83. The Balaban J connectivity index is 1.91. The smallest absolute Gasteiger partial charge is 0.128 e. The van der Waals surface area contributed by atoms with Crippen molar-refractivity contribution in [2.45, 2.75) is 12.6 Å². The molecule has 2 aromatic rings. The van der Waals surface area contributed by atoms with Gasteiger partial charge < -0.3 is 15.2 Å². The van der Waals surface area contributed by atoms with E-state index >= 15 is 0 Å². The van der Waals surface area contributed by atoms with Crippen molar-refractivity contribution in [2.24, 2.45) is 0 Å². The Bertz CT molecular complexity index is 545. The molecule has 2 rings (SSSR count). The number of quaternary nitrogens is 1. The van der Waals surface area contributed by atoms with Gasteiger partial charge in [0.05, 0.1) is 7.11 Å². The van der Waals surface area contributed by atoms with Gasteiger partial charge in [-0.25, -0.2) is 0 Å². The first-order valence-corrected chi connectivity index (χ1v) is 6.95. The molecule has 0 fully saturated rings. The molecule has 1 atom stereocenters. The van der Waals surface area contributed by atoms with Crippen molar-refractivity contribution in [3.63, 3.8) is 0 Å². The minimum Gasteiger partial charge on any atom is -0.496 e. The number of hydrogen-bond acceptors (Lipinski definition) is 2. The van der Waals surface area contributed by atoms with Crippen LogP contribution in [-0.2, 0) is 6.54 Å². The van der Waals surface area contributed by atoms with Gasteiger partial charge in [-0.15, -0.1) is 0 Å². The molecule has 0 aromatic heterocycles. The molecule has 0 bridgehead atoms. The highest BCUT2D eigenvalue weighted by Gasteiger charge is 2.10. The maximum absolute atomic E-state index is 10.1. The standard InChI is InChI=1S/C16H18ClNO2/c1-20-16-8-7-14(17)9-13(16)10-18-11-15(19)12-5-3-2-4-6-12/h2-9,15,18-19H,10-11H2,1H3/p+1/t15-/m0/s1. The van der Waals surface area contributed by atoms with Crippen molar-refractivity contribution in [1.29, 1.82) is 0 Å². The number of rotatable bonds is 6. The number of benzene rings is 2. The Morgan fingerprint density at radius 2 is 1.95 bits per heavy atom. The summed E-state index contributed by atoms with van der Waals surface area (Å²) in [6.07, 6.45) is -0.471. The van der Waals surface area contributed by atoms with Crippen LogP contribution in [0.4, 0.5) is 0 Å². The van der Waals surface area contributed by atoms with E-state index in [1.165, 1.54) is 0 Å². The summed E-state index contributed by atoms with van der Waals surface area (Å²) in [5.41, 5.74) is 1.96. The monoisotopic (exact) mass is 292 g/mol. The summed E-state index contributed by atoms with van der Waals surface area (Å²) >= 11 is 5.99. The summed E-state index contributed by atoms with van der Waals surface area (Å²) < 4.78 is 5.30. The average molecular weight is 293 g/mol. The average Bonchev–Trinajstić information content (AvgIpc) is 2.48. The molecule has 0 aliphatic rings. The first-order valence-electron chi connectivity index (χ1n) is 6.58. The van der Waals surface area contributed by atoms with Gasteiger partial charge in [0.2, 0.25) is 0 Å². The number of ether oxygens (including phenoxy) is 1. The quantitative estimate of drug-likeness (QED) is 0.857. The van der Waals surface area contributed by atoms with Crippen LogP contribution in [0, 0.1) is 0 Å². The van der Waals surface area contributed by atoms with Gasteiger partial charge >= 0.3 is 0 Å². The summed E-state index contributed by atoms with van der Waals surface area (Å²) in [4.78, 5) is 0. The van der Waals surface area contributed by atoms with E-state index in [1.807, 2.05) is 53.8 Å². The third kappa shape index (κ3) is 3.97. The third-order valence-electron chi connectivity index (χ3n) is 3.18. The highest BCUT2D eigenvalue weighted by atomic mass is 35.5. The predicted molar refractivity (Wildman–Crippen MR) is 79.9 cm³/mol. The van der Waals surface area contributed by atoms with Crippen molar-refractivity contribution in [3.8, 4) is 5.75 Å². The minimum absolute atomic E-state index is 0.471. The highest BCUT2D eigenvalue weighted by Crippen LogP contribution is 2.21. The van der Waals surface area contributed by atoms with Crippen molar-refractivity contribution in [2.75, 3.05) is 13.7 Å². The molecule has 0 aliphatic carbocycles. The van der Waals surface area contributed by atoms with Crippen LogP contribution in [-0.4, -0.2) is 18.8 Å². The van der Waals surface area contributed by atoms with E-state index in [2.05, 4.69) is 0 Å². The molecular weight excluding hydrogens is 274 g/mol. The number of halogens is 1. The summed E-state index contributed by atoms with van der Waals surface area (Å²) in [7, 11) is 1.64. The van der Waals surface area contributed by atoms with Crippen LogP contribution >= 0.6 is 11.6 Å². The topological polar surface area (TPSA) is 46.1 Å².